The van der Waals surface area contributed by atoms with Crippen molar-refractivity contribution >= 4 is 28.3 Å². The van der Waals surface area contributed by atoms with Crippen molar-refractivity contribution in [3.05, 3.63) is 57.7 Å². The van der Waals surface area contributed by atoms with E-state index in [4.69, 9.17) is 4.74 Å². The van der Waals surface area contributed by atoms with Gasteiger partial charge in [-0.25, -0.2) is 0 Å². The number of anilines is 1. The quantitative estimate of drug-likeness (QED) is 0.748. The Morgan fingerprint density at radius 2 is 1.89 bits per heavy atom. The van der Waals surface area contributed by atoms with E-state index in [0.717, 1.165) is 31.0 Å². The summed E-state index contributed by atoms with van der Waals surface area (Å²) in [6.07, 6.45) is 1.02. The van der Waals surface area contributed by atoms with Gasteiger partial charge in [-0.15, -0.1) is 0 Å². The number of hydrogen-bond acceptors (Lipinski definition) is 2. The van der Waals surface area contributed by atoms with Crippen molar-refractivity contribution in [2.45, 2.75) is 19.9 Å². The van der Waals surface area contributed by atoms with E-state index in [-0.39, 0.29) is 0 Å². The van der Waals surface area contributed by atoms with Crippen LogP contribution < -0.4 is 10.1 Å². The van der Waals surface area contributed by atoms with Crippen molar-refractivity contribution in [2.75, 3.05) is 11.9 Å². The van der Waals surface area contributed by atoms with Crippen molar-refractivity contribution < 1.29 is 4.74 Å². The van der Waals surface area contributed by atoms with E-state index in [2.05, 4.69) is 65.2 Å². The van der Waals surface area contributed by atoms with Crippen LogP contribution in [0.4, 0.5) is 5.69 Å². The second kappa shape index (κ2) is 7.38. The summed E-state index contributed by atoms with van der Waals surface area (Å²) in [4.78, 5) is 0. The lowest BCUT2D eigenvalue weighted by Crippen LogP contribution is -2.04. The zero-order valence-corrected chi connectivity index (χ0v) is 13.2. The van der Waals surface area contributed by atoms with Gasteiger partial charge in [0.25, 0.3) is 0 Å². The minimum atomic E-state index is 0.762. The topological polar surface area (TPSA) is 21.3 Å². The molecule has 0 fully saturated rings. The normalized spacial score (nSPS) is 10.2. The highest BCUT2D eigenvalue weighted by atomic mass is 127. The third-order valence-electron chi connectivity index (χ3n) is 2.75. The summed E-state index contributed by atoms with van der Waals surface area (Å²) in [7, 11) is 0. The highest BCUT2D eigenvalue weighted by Gasteiger charge is 2.04. The van der Waals surface area contributed by atoms with Gasteiger partial charge in [-0.1, -0.05) is 31.2 Å². The predicted octanol–water partition coefficient (Wildman–Crippen LogP) is 4.69. The van der Waals surface area contributed by atoms with Crippen LogP contribution in [0.1, 0.15) is 18.9 Å². The Morgan fingerprint density at radius 1 is 1.11 bits per heavy atom. The van der Waals surface area contributed by atoms with Crippen LogP contribution in [0, 0.1) is 3.57 Å². The summed E-state index contributed by atoms with van der Waals surface area (Å²) in [5.41, 5.74) is 2.32. The molecular formula is C16H18INO. The molecule has 0 unspecified atom stereocenters. The molecule has 2 aromatic carbocycles. The van der Waals surface area contributed by atoms with E-state index >= 15 is 0 Å². The number of benzene rings is 2. The standard InChI is InChI=1S/C16H18INO/c1-2-10-19-16-11-14(17)9-8-13(16)12-18-15-6-4-3-5-7-15/h3-9,11,18H,2,10,12H2,1H3. The molecule has 100 valence electrons. The van der Waals surface area contributed by atoms with Crippen LogP contribution in [0.5, 0.6) is 5.75 Å². The average molecular weight is 367 g/mol. The molecule has 3 heteroatoms. The molecule has 0 radical (unpaired) electrons. The number of nitrogens with one attached hydrogen (secondary N) is 1. The molecule has 0 heterocycles. The number of para-hydroxylation sites is 1. The maximum atomic E-state index is 5.81. The van der Waals surface area contributed by atoms with Crippen LogP contribution in [-0.2, 0) is 6.54 Å². The molecule has 0 bridgehead atoms. The summed E-state index contributed by atoms with van der Waals surface area (Å²) in [5.74, 6) is 0.984. The zero-order chi connectivity index (χ0) is 13.5. The summed E-state index contributed by atoms with van der Waals surface area (Å²) in [6.45, 7) is 3.66. The SMILES string of the molecule is CCCOc1cc(I)ccc1CNc1ccccc1. The molecule has 0 aliphatic rings. The lowest BCUT2D eigenvalue weighted by atomic mass is 10.2. The van der Waals surface area contributed by atoms with Gasteiger partial charge in [-0.2, -0.15) is 0 Å². The molecule has 0 atom stereocenters. The van der Waals surface area contributed by atoms with Gasteiger partial charge in [0.15, 0.2) is 0 Å². The Balaban J connectivity index is 2.06. The molecule has 0 amide bonds. The molecule has 0 aliphatic carbocycles. The highest BCUT2D eigenvalue weighted by molar-refractivity contribution is 14.1. The maximum absolute atomic E-state index is 5.81. The predicted molar refractivity (Wildman–Crippen MR) is 88.7 cm³/mol. The van der Waals surface area contributed by atoms with Crippen molar-refractivity contribution in [3.8, 4) is 5.75 Å². The first-order chi connectivity index (χ1) is 9.29. The first-order valence-corrected chi connectivity index (χ1v) is 7.57. The van der Waals surface area contributed by atoms with Gasteiger partial charge in [0.2, 0.25) is 0 Å². The highest BCUT2D eigenvalue weighted by Crippen LogP contribution is 2.23. The minimum absolute atomic E-state index is 0.762. The summed E-state index contributed by atoms with van der Waals surface area (Å²) in [5, 5.41) is 3.41. The largest absolute Gasteiger partial charge is 0.493 e. The number of hydrogen-bond donors (Lipinski definition) is 1. The minimum Gasteiger partial charge on any atom is -0.493 e. The first kappa shape index (κ1) is 14.2. The smallest absolute Gasteiger partial charge is 0.125 e. The van der Waals surface area contributed by atoms with Crippen LogP contribution in [0.2, 0.25) is 0 Å². The van der Waals surface area contributed by atoms with Crippen LogP contribution in [0.3, 0.4) is 0 Å². The third kappa shape index (κ3) is 4.42. The monoisotopic (exact) mass is 367 g/mol. The first-order valence-electron chi connectivity index (χ1n) is 6.49. The summed E-state index contributed by atoms with van der Waals surface area (Å²) >= 11 is 2.31. The Kier molecular flexibility index (Phi) is 5.51. The molecule has 2 rings (SSSR count). The van der Waals surface area contributed by atoms with Gasteiger partial charge in [0.05, 0.1) is 6.61 Å². The van der Waals surface area contributed by atoms with Crippen molar-refractivity contribution in [1.82, 2.24) is 0 Å². The lowest BCUT2D eigenvalue weighted by Gasteiger charge is -2.13. The number of rotatable bonds is 6. The van der Waals surface area contributed by atoms with E-state index < -0.39 is 0 Å². The number of ether oxygens (including phenoxy) is 1. The van der Waals surface area contributed by atoms with Gasteiger partial charge in [-0.05, 0) is 53.3 Å². The van der Waals surface area contributed by atoms with Gasteiger partial charge in [0.1, 0.15) is 5.75 Å². The Hall–Kier alpha value is -1.23. The average Bonchev–Trinajstić information content (AvgIpc) is 2.45. The molecule has 0 spiro atoms. The molecule has 2 aromatic rings. The van der Waals surface area contributed by atoms with Gasteiger partial charge < -0.3 is 10.1 Å². The molecule has 0 aromatic heterocycles. The van der Waals surface area contributed by atoms with E-state index in [1.54, 1.807) is 0 Å². The van der Waals surface area contributed by atoms with Crippen molar-refractivity contribution in [1.29, 1.82) is 0 Å². The second-order valence-corrected chi connectivity index (χ2v) is 5.57. The van der Waals surface area contributed by atoms with E-state index in [0.29, 0.717) is 0 Å². The van der Waals surface area contributed by atoms with Crippen LogP contribution in [-0.4, -0.2) is 6.61 Å². The Morgan fingerprint density at radius 3 is 2.63 bits per heavy atom. The van der Waals surface area contributed by atoms with Gasteiger partial charge >= 0.3 is 0 Å². The molecule has 1 N–H and O–H groups in total. The summed E-state index contributed by atoms with van der Waals surface area (Å²) < 4.78 is 7.01. The van der Waals surface area contributed by atoms with Crippen LogP contribution >= 0.6 is 22.6 Å². The molecule has 0 saturated heterocycles. The second-order valence-electron chi connectivity index (χ2n) is 4.32. The van der Waals surface area contributed by atoms with Crippen LogP contribution in [0.15, 0.2) is 48.5 Å². The number of halogens is 1. The molecule has 0 aliphatic heterocycles. The Bertz CT molecular complexity index is 513. The van der Waals surface area contributed by atoms with Gasteiger partial charge in [-0.3, -0.25) is 0 Å². The lowest BCUT2D eigenvalue weighted by molar-refractivity contribution is 0.314. The molecule has 2 nitrogen and oxygen atoms in total. The third-order valence-corrected chi connectivity index (χ3v) is 3.42. The van der Waals surface area contributed by atoms with E-state index in [1.165, 1.54) is 9.13 Å². The molecular weight excluding hydrogens is 349 g/mol. The fourth-order valence-electron chi connectivity index (χ4n) is 1.77. The van der Waals surface area contributed by atoms with Crippen molar-refractivity contribution in [3.63, 3.8) is 0 Å². The fraction of sp³-hybridized carbons (Fsp3) is 0.250. The summed E-state index contributed by atoms with van der Waals surface area (Å²) in [6, 6.07) is 16.6. The zero-order valence-electron chi connectivity index (χ0n) is 11.0. The fourth-order valence-corrected chi connectivity index (χ4v) is 2.24. The van der Waals surface area contributed by atoms with Crippen molar-refractivity contribution in [2.24, 2.45) is 0 Å². The van der Waals surface area contributed by atoms with Crippen LogP contribution in [0.25, 0.3) is 0 Å². The maximum Gasteiger partial charge on any atom is 0.125 e. The van der Waals surface area contributed by atoms with E-state index in [9.17, 15) is 0 Å². The van der Waals surface area contributed by atoms with E-state index in [1.807, 2.05) is 18.2 Å². The Labute approximate surface area is 128 Å². The molecule has 0 saturated carbocycles. The van der Waals surface area contributed by atoms with Gasteiger partial charge in [0, 0.05) is 21.4 Å². The molecule has 19 heavy (non-hydrogen) atoms.